The quantitative estimate of drug-likeness (QED) is 0.303. The van der Waals surface area contributed by atoms with Crippen LogP contribution in [0, 0.1) is 0 Å². The van der Waals surface area contributed by atoms with Crippen molar-refractivity contribution in [3.8, 4) is 5.75 Å². The number of hydrogen-bond acceptors (Lipinski definition) is 3. The van der Waals surface area contributed by atoms with Gasteiger partial charge >= 0.3 is 6.61 Å². The Kier molecular flexibility index (Phi) is 10.3. The Bertz CT molecular complexity index is 796. The molecule has 2 aromatic carbocycles. The van der Waals surface area contributed by atoms with Crippen molar-refractivity contribution in [1.29, 1.82) is 0 Å². The van der Waals surface area contributed by atoms with Crippen molar-refractivity contribution in [2.24, 2.45) is 4.99 Å². The molecule has 0 saturated carbocycles. The van der Waals surface area contributed by atoms with Crippen LogP contribution < -0.4 is 15.4 Å². The molecule has 0 bridgehead atoms. The molecule has 164 valence electrons. The van der Waals surface area contributed by atoms with E-state index in [0.717, 1.165) is 12.1 Å². The summed E-state index contributed by atoms with van der Waals surface area (Å²) in [5, 5.41) is 6.38. The molecule has 8 heteroatoms. The van der Waals surface area contributed by atoms with Crippen molar-refractivity contribution >= 4 is 29.9 Å². The molecule has 0 amide bonds. The number of hydrogen-bond donors (Lipinski definition) is 2. The second-order valence-electron chi connectivity index (χ2n) is 7.07. The van der Waals surface area contributed by atoms with Gasteiger partial charge in [-0.05, 0) is 43.1 Å². The van der Waals surface area contributed by atoms with Crippen molar-refractivity contribution in [2.75, 3.05) is 20.1 Å². The fraction of sp³-hybridized carbons (Fsp3) is 0.409. The van der Waals surface area contributed by atoms with Crippen LogP contribution in [0.1, 0.15) is 29.5 Å². The molecular weight excluding hydrogens is 501 g/mol. The topological polar surface area (TPSA) is 48.9 Å². The van der Waals surface area contributed by atoms with E-state index < -0.39 is 6.61 Å². The van der Waals surface area contributed by atoms with E-state index in [0.29, 0.717) is 24.6 Å². The van der Waals surface area contributed by atoms with Gasteiger partial charge in [0, 0.05) is 32.2 Å². The van der Waals surface area contributed by atoms with Gasteiger partial charge in [-0.1, -0.05) is 42.5 Å². The monoisotopic (exact) mass is 530 g/mol. The lowest BCUT2D eigenvalue weighted by Gasteiger charge is -2.16. The molecule has 1 aliphatic heterocycles. The van der Waals surface area contributed by atoms with E-state index in [-0.39, 0.29) is 29.7 Å². The van der Waals surface area contributed by atoms with Crippen molar-refractivity contribution < 1.29 is 13.5 Å². The third-order valence-electron chi connectivity index (χ3n) is 4.95. The lowest BCUT2D eigenvalue weighted by atomic mass is 10.1. The summed E-state index contributed by atoms with van der Waals surface area (Å²) in [6.45, 7) is 1.50. The van der Waals surface area contributed by atoms with E-state index in [9.17, 15) is 8.78 Å². The Hall–Kier alpha value is -1.94. The van der Waals surface area contributed by atoms with Crippen LogP contribution in [-0.2, 0) is 19.6 Å². The van der Waals surface area contributed by atoms with Crippen LogP contribution in [0.25, 0.3) is 0 Å². The standard InChI is InChI=1S/C22H28F2N4O.HI/c1-25-22(27-15-19-6-2-3-7-20(19)29-21(23)24)26-14-17-8-10-18(11-9-17)16-28-12-4-5-13-28;/h2-3,6-11,21H,4-5,12-16H2,1H3,(H2,25,26,27);1H. The molecule has 2 aromatic rings. The number of para-hydroxylation sites is 1. The first kappa shape index (κ1) is 24.3. The minimum absolute atomic E-state index is 0. The number of benzene rings is 2. The van der Waals surface area contributed by atoms with Gasteiger partial charge in [-0.2, -0.15) is 8.78 Å². The van der Waals surface area contributed by atoms with Gasteiger partial charge in [0.1, 0.15) is 5.75 Å². The summed E-state index contributed by atoms with van der Waals surface area (Å²) in [5.41, 5.74) is 3.12. The van der Waals surface area contributed by atoms with Gasteiger partial charge < -0.3 is 15.4 Å². The van der Waals surface area contributed by atoms with Crippen LogP contribution >= 0.6 is 24.0 Å². The molecule has 5 nitrogen and oxygen atoms in total. The largest absolute Gasteiger partial charge is 0.434 e. The maximum Gasteiger partial charge on any atom is 0.387 e. The lowest BCUT2D eigenvalue weighted by molar-refractivity contribution is -0.0504. The molecule has 1 heterocycles. The highest BCUT2D eigenvalue weighted by atomic mass is 127. The van der Waals surface area contributed by atoms with Crippen molar-refractivity contribution in [3.05, 3.63) is 65.2 Å². The minimum Gasteiger partial charge on any atom is -0.434 e. The zero-order valence-corrected chi connectivity index (χ0v) is 19.4. The fourth-order valence-corrected chi connectivity index (χ4v) is 3.41. The molecule has 0 atom stereocenters. The second-order valence-corrected chi connectivity index (χ2v) is 7.07. The maximum absolute atomic E-state index is 12.5. The Labute approximate surface area is 193 Å². The first-order chi connectivity index (χ1) is 14.1. The van der Waals surface area contributed by atoms with E-state index in [4.69, 9.17) is 0 Å². The van der Waals surface area contributed by atoms with Gasteiger partial charge in [-0.25, -0.2) is 0 Å². The van der Waals surface area contributed by atoms with Crippen LogP contribution in [0.15, 0.2) is 53.5 Å². The molecule has 3 rings (SSSR count). The minimum atomic E-state index is -2.85. The Balaban J connectivity index is 0.00000320. The second kappa shape index (κ2) is 12.7. The molecule has 0 spiro atoms. The fourth-order valence-electron chi connectivity index (χ4n) is 3.41. The van der Waals surface area contributed by atoms with Crippen LogP contribution in [0.3, 0.4) is 0 Å². The summed E-state index contributed by atoms with van der Waals surface area (Å²) < 4.78 is 29.6. The molecule has 0 aromatic heterocycles. The average Bonchev–Trinajstić information content (AvgIpc) is 3.23. The summed E-state index contributed by atoms with van der Waals surface area (Å²) in [6, 6.07) is 15.3. The molecule has 0 radical (unpaired) electrons. The predicted molar refractivity (Wildman–Crippen MR) is 126 cm³/mol. The zero-order valence-electron chi connectivity index (χ0n) is 17.1. The molecule has 1 aliphatic rings. The number of halogens is 3. The van der Waals surface area contributed by atoms with Crippen LogP contribution in [0.2, 0.25) is 0 Å². The smallest absolute Gasteiger partial charge is 0.387 e. The molecule has 2 N–H and O–H groups in total. The number of aliphatic imine (C=N–C) groups is 1. The van der Waals surface area contributed by atoms with Crippen molar-refractivity contribution in [3.63, 3.8) is 0 Å². The van der Waals surface area contributed by atoms with Gasteiger partial charge in [0.25, 0.3) is 0 Å². The third kappa shape index (κ3) is 7.71. The average molecular weight is 530 g/mol. The Morgan fingerprint density at radius 3 is 2.30 bits per heavy atom. The Morgan fingerprint density at radius 2 is 1.63 bits per heavy atom. The molecule has 1 fully saturated rings. The van der Waals surface area contributed by atoms with Crippen LogP contribution in [0.4, 0.5) is 8.78 Å². The summed E-state index contributed by atoms with van der Waals surface area (Å²) in [5.74, 6) is 0.761. The first-order valence-corrected chi connectivity index (χ1v) is 9.91. The molecular formula is C22H29F2IN4O. The van der Waals surface area contributed by atoms with Crippen LogP contribution in [-0.4, -0.2) is 37.6 Å². The van der Waals surface area contributed by atoms with Gasteiger partial charge in [-0.15, -0.1) is 24.0 Å². The predicted octanol–water partition coefficient (Wildman–Crippen LogP) is 4.37. The maximum atomic E-state index is 12.5. The number of guanidine groups is 1. The zero-order chi connectivity index (χ0) is 20.5. The summed E-state index contributed by atoms with van der Waals surface area (Å²) in [6.07, 6.45) is 2.60. The molecule has 1 saturated heterocycles. The first-order valence-electron chi connectivity index (χ1n) is 9.91. The number of nitrogens with one attached hydrogen (secondary N) is 2. The number of likely N-dealkylation sites (tertiary alicyclic amines) is 1. The highest BCUT2D eigenvalue weighted by Crippen LogP contribution is 2.20. The van der Waals surface area contributed by atoms with Gasteiger partial charge in [0.05, 0.1) is 0 Å². The van der Waals surface area contributed by atoms with E-state index in [1.165, 1.54) is 37.6 Å². The number of nitrogens with zero attached hydrogens (tertiary/aromatic N) is 2. The van der Waals surface area contributed by atoms with Gasteiger partial charge in [0.15, 0.2) is 5.96 Å². The highest BCUT2D eigenvalue weighted by Gasteiger charge is 2.12. The number of rotatable bonds is 8. The molecule has 0 unspecified atom stereocenters. The Morgan fingerprint density at radius 1 is 1.00 bits per heavy atom. The van der Waals surface area contributed by atoms with E-state index >= 15 is 0 Å². The van der Waals surface area contributed by atoms with E-state index in [1.54, 1.807) is 25.2 Å². The molecule has 30 heavy (non-hydrogen) atoms. The lowest BCUT2D eigenvalue weighted by Crippen LogP contribution is -2.36. The summed E-state index contributed by atoms with van der Waals surface area (Å²) in [4.78, 5) is 6.67. The highest BCUT2D eigenvalue weighted by molar-refractivity contribution is 14.0. The summed E-state index contributed by atoms with van der Waals surface area (Å²) >= 11 is 0. The van der Waals surface area contributed by atoms with E-state index in [1.807, 2.05) is 0 Å². The number of alkyl halides is 2. The van der Waals surface area contributed by atoms with E-state index in [2.05, 4.69) is 49.5 Å². The normalized spacial score (nSPS) is 14.5. The van der Waals surface area contributed by atoms with Crippen molar-refractivity contribution in [2.45, 2.75) is 39.1 Å². The van der Waals surface area contributed by atoms with Crippen LogP contribution in [0.5, 0.6) is 5.75 Å². The van der Waals surface area contributed by atoms with Crippen molar-refractivity contribution in [1.82, 2.24) is 15.5 Å². The van der Waals surface area contributed by atoms with Gasteiger partial charge in [0.2, 0.25) is 0 Å². The van der Waals surface area contributed by atoms with Gasteiger partial charge in [-0.3, -0.25) is 9.89 Å². The molecule has 0 aliphatic carbocycles. The number of ether oxygens (including phenoxy) is 1. The summed E-state index contributed by atoms with van der Waals surface area (Å²) in [7, 11) is 1.68. The SMILES string of the molecule is CN=C(NCc1ccc(CN2CCCC2)cc1)NCc1ccccc1OC(F)F.I. The third-order valence-corrected chi connectivity index (χ3v) is 4.95.